The molecule has 2 aliphatic heterocycles. The van der Waals surface area contributed by atoms with E-state index in [1.54, 1.807) is 0 Å². The number of fused-ring (bicyclic) bond motifs is 7. The largest absolute Gasteiger partial charge is 0.311 e. The molecule has 8 aromatic carbocycles. The Bertz CT molecular complexity index is 3650. The van der Waals surface area contributed by atoms with Crippen molar-refractivity contribution >= 4 is 74.3 Å². The molecule has 4 heteroatoms. The molecule has 3 aliphatic carbocycles. The first-order valence-corrected chi connectivity index (χ1v) is 28.3. The summed E-state index contributed by atoms with van der Waals surface area (Å²) in [6, 6.07) is 61.2. The van der Waals surface area contributed by atoms with E-state index < -0.39 is 0 Å². The SMILES string of the molecule is Cc1cc2c(cc1N1c3ccc(-c4ccccc4)cc3B3c4cc5c(cc4N(c4ccc6c(c4C)C(C)(C)CC6(C)C)c4cc(N(c6ccccc6)c6ccccc6)cc1c43)C(C)(C)CC5(C)C)C(C)(C)CCC2(C)C. The first kappa shape index (κ1) is 48.8. The molecule has 8 aromatic rings. The van der Waals surface area contributed by atoms with Crippen molar-refractivity contribution in [3.63, 3.8) is 0 Å². The van der Waals surface area contributed by atoms with Crippen molar-refractivity contribution in [3.05, 3.63) is 202 Å². The Balaban J connectivity index is 1.21. The van der Waals surface area contributed by atoms with E-state index in [1.807, 2.05) is 0 Å². The molecule has 0 spiro atoms. The number of hydrogen-bond donors (Lipinski definition) is 0. The van der Waals surface area contributed by atoms with Gasteiger partial charge in [0.05, 0.1) is 5.69 Å². The van der Waals surface area contributed by atoms with E-state index in [2.05, 4.69) is 269 Å². The van der Waals surface area contributed by atoms with Gasteiger partial charge in [-0.15, -0.1) is 0 Å². The fourth-order valence-corrected chi connectivity index (χ4v) is 16.1. The van der Waals surface area contributed by atoms with Crippen LogP contribution < -0.4 is 31.1 Å². The van der Waals surface area contributed by atoms with Crippen molar-refractivity contribution in [1.29, 1.82) is 0 Å². The first-order chi connectivity index (χ1) is 36.0. The van der Waals surface area contributed by atoms with Gasteiger partial charge in [0.15, 0.2) is 0 Å². The highest BCUT2D eigenvalue weighted by atomic mass is 15.2. The Labute approximate surface area is 455 Å². The van der Waals surface area contributed by atoms with Crippen LogP contribution >= 0.6 is 0 Å². The van der Waals surface area contributed by atoms with E-state index in [0.29, 0.717) is 0 Å². The molecule has 76 heavy (non-hydrogen) atoms. The average Bonchev–Trinajstić information content (AvgIpc) is 3.89. The highest BCUT2D eigenvalue weighted by Crippen LogP contribution is 2.58. The standard InChI is InChI=1S/C72H76BN3/c1-45-36-53-55(68(5,6)35-34-67(53,3)4)41-61(45)76-60-32-30-48(47-24-18-15-19-25-47)37-57(60)73-58-40-54-56(71(11,12)43-70(54,9)10)42-62(58)75(59-33-31-52-65(46(59)2)72(13,14)44-69(52,7)8)63-38-51(39-64(76)66(63)73)74(49-26-20-16-21-27-49)50-28-22-17-23-29-50/h15-33,36-42H,34-35,43-44H2,1-14H3. The number of benzene rings is 8. The van der Waals surface area contributed by atoms with Crippen LogP contribution in [0.25, 0.3) is 11.1 Å². The number of rotatable bonds is 6. The van der Waals surface area contributed by atoms with Crippen LogP contribution in [-0.2, 0) is 32.5 Å². The van der Waals surface area contributed by atoms with Gasteiger partial charge in [-0.2, -0.15) is 0 Å². The lowest BCUT2D eigenvalue weighted by atomic mass is 9.33. The van der Waals surface area contributed by atoms with Crippen LogP contribution in [0.3, 0.4) is 0 Å². The zero-order valence-electron chi connectivity index (χ0n) is 47.8. The van der Waals surface area contributed by atoms with E-state index >= 15 is 0 Å². The lowest BCUT2D eigenvalue weighted by Crippen LogP contribution is -2.61. The van der Waals surface area contributed by atoms with Gasteiger partial charge in [0, 0.05) is 45.5 Å². The molecular formula is C72H76BN3. The quantitative estimate of drug-likeness (QED) is 0.154. The highest BCUT2D eigenvalue weighted by molar-refractivity contribution is 7.00. The number of aryl methyl sites for hydroxylation is 1. The molecule has 5 aliphatic rings. The molecule has 2 heterocycles. The second kappa shape index (κ2) is 16.4. The fourth-order valence-electron chi connectivity index (χ4n) is 16.1. The molecule has 0 aromatic heterocycles. The number of para-hydroxylation sites is 2. The third-order valence-corrected chi connectivity index (χ3v) is 19.3. The van der Waals surface area contributed by atoms with Gasteiger partial charge in [0.1, 0.15) is 0 Å². The summed E-state index contributed by atoms with van der Waals surface area (Å²) in [4.78, 5) is 7.94. The van der Waals surface area contributed by atoms with Crippen LogP contribution in [0, 0.1) is 13.8 Å². The van der Waals surface area contributed by atoms with Crippen LogP contribution in [0.15, 0.2) is 158 Å². The maximum absolute atomic E-state index is 2.75. The molecule has 382 valence electrons. The van der Waals surface area contributed by atoms with Crippen LogP contribution in [0.2, 0.25) is 0 Å². The average molecular weight is 994 g/mol. The van der Waals surface area contributed by atoms with Gasteiger partial charge >= 0.3 is 0 Å². The van der Waals surface area contributed by atoms with Crippen LogP contribution in [0.4, 0.5) is 51.2 Å². The summed E-state index contributed by atoms with van der Waals surface area (Å²) in [6.45, 7) is 34.5. The topological polar surface area (TPSA) is 9.72 Å². The van der Waals surface area contributed by atoms with Crippen molar-refractivity contribution in [2.45, 2.75) is 155 Å². The van der Waals surface area contributed by atoms with Crippen molar-refractivity contribution in [3.8, 4) is 11.1 Å². The summed E-state index contributed by atoms with van der Waals surface area (Å²) in [5.41, 5.74) is 29.4. The molecule has 0 saturated heterocycles. The van der Waals surface area contributed by atoms with Crippen LogP contribution in [0.1, 0.15) is 153 Å². The highest BCUT2D eigenvalue weighted by Gasteiger charge is 2.50. The number of anilines is 9. The van der Waals surface area contributed by atoms with Gasteiger partial charge < -0.3 is 14.7 Å². The van der Waals surface area contributed by atoms with Crippen LogP contribution in [-0.4, -0.2) is 6.71 Å². The van der Waals surface area contributed by atoms with E-state index in [9.17, 15) is 0 Å². The van der Waals surface area contributed by atoms with Gasteiger partial charge in [-0.05, 0) is 205 Å². The molecule has 0 amide bonds. The summed E-state index contributed by atoms with van der Waals surface area (Å²) in [5, 5.41) is 0. The van der Waals surface area contributed by atoms with Gasteiger partial charge in [0.25, 0.3) is 6.71 Å². The summed E-state index contributed by atoms with van der Waals surface area (Å²) < 4.78 is 0. The van der Waals surface area contributed by atoms with Crippen molar-refractivity contribution in [1.82, 2.24) is 0 Å². The monoisotopic (exact) mass is 994 g/mol. The van der Waals surface area contributed by atoms with Crippen molar-refractivity contribution in [2.24, 2.45) is 0 Å². The Kier molecular flexibility index (Phi) is 10.5. The Hall–Kier alpha value is -6.78. The van der Waals surface area contributed by atoms with Gasteiger partial charge in [-0.25, -0.2) is 0 Å². The number of nitrogens with zero attached hydrogens (tertiary/aromatic N) is 3. The zero-order chi connectivity index (χ0) is 53.2. The van der Waals surface area contributed by atoms with E-state index in [4.69, 9.17) is 0 Å². The lowest BCUT2D eigenvalue weighted by Gasteiger charge is -2.47. The predicted molar refractivity (Wildman–Crippen MR) is 327 cm³/mol. The maximum Gasteiger partial charge on any atom is 0.252 e. The molecular weight excluding hydrogens is 918 g/mol. The third kappa shape index (κ3) is 7.21. The molecule has 0 radical (unpaired) electrons. The van der Waals surface area contributed by atoms with E-state index in [0.717, 1.165) is 36.3 Å². The maximum atomic E-state index is 2.75. The predicted octanol–water partition coefficient (Wildman–Crippen LogP) is 17.8. The molecule has 0 bridgehead atoms. The van der Waals surface area contributed by atoms with Crippen molar-refractivity contribution in [2.75, 3.05) is 14.7 Å². The molecule has 0 N–H and O–H groups in total. The van der Waals surface area contributed by atoms with Crippen LogP contribution in [0.5, 0.6) is 0 Å². The minimum atomic E-state index is -0.0506. The van der Waals surface area contributed by atoms with E-state index in [-0.39, 0.29) is 39.2 Å². The summed E-state index contributed by atoms with van der Waals surface area (Å²) in [7, 11) is 0. The summed E-state index contributed by atoms with van der Waals surface area (Å²) in [6.07, 6.45) is 4.55. The Morgan fingerprint density at radius 3 is 1.45 bits per heavy atom. The van der Waals surface area contributed by atoms with Gasteiger partial charge in [0.2, 0.25) is 0 Å². The number of hydrogen-bond acceptors (Lipinski definition) is 3. The summed E-state index contributed by atoms with van der Waals surface area (Å²) >= 11 is 0. The minimum Gasteiger partial charge on any atom is -0.311 e. The summed E-state index contributed by atoms with van der Waals surface area (Å²) in [5.74, 6) is 0. The van der Waals surface area contributed by atoms with E-state index in [1.165, 1.54) is 113 Å². The first-order valence-electron chi connectivity index (χ1n) is 28.3. The molecule has 13 rings (SSSR count). The minimum absolute atomic E-state index is 0.00268. The van der Waals surface area contributed by atoms with Gasteiger partial charge in [-0.3, -0.25) is 0 Å². The molecule has 0 fully saturated rings. The second-order valence-electron chi connectivity index (χ2n) is 27.6. The van der Waals surface area contributed by atoms with Crippen molar-refractivity contribution < 1.29 is 0 Å². The Morgan fingerprint density at radius 2 is 0.842 bits per heavy atom. The smallest absolute Gasteiger partial charge is 0.252 e. The molecule has 0 atom stereocenters. The zero-order valence-corrected chi connectivity index (χ0v) is 47.8. The molecule has 0 saturated carbocycles. The third-order valence-electron chi connectivity index (χ3n) is 19.3. The Morgan fingerprint density at radius 1 is 0.368 bits per heavy atom. The molecule has 3 nitrogen and oxygen atoms in total. The normalized spacial score (nSPS) is 19.0. The second-order valence-corrected chi connectivity index (χ2v) is 27.6. The lowest BCUT2D eigenvalue weighted by molar-refractivity contribution is 0.332. The molecule has 0 unspecified atom stereocenters. The van der Waals surface area contributed by atoms with Gasteiger partial charge in [-0.1, -0.05) is 180 Å². The fraction of sp³-hybridized carbons (Fsp3) is 0.333.